The maximum atomic E-state index is 11.4. The van der Waals surface area contributed by atoms with E-state index in [0.717, 1.165) is 22.2 Å². The third-order valence-electron chi connectivity index (χ3n) is 6.54. The second-order valence-electron chi connectivity index (χ2n) is 9.23. The van der Waals surface area contributed by atoms with Gasteiger partial charge < -0.3 is 19.7 Å². The summed E-state index contributed by atoms with van der Waals surface area (Å²) in [6.45, 7) is 1.76. The van der Waals surface area contributed by atoms with Crippen LogP contribution in [0.15, 0.2) is 54.6 Å². The van der Waals surface area contributed by atoms with Gasteiger partial charge in [-0.15, -0.1) is 0 Å². The fourth-order valence-electron chi connectivity index (χ4n) is 4.54. The molecule has 0 spiro atoms. The summed E-state index contributed by atoms with van der Waals surface area (Å²) in [6.07, 6.45) is 0.00980. The van der Waals surface area contributed by atoms with Crippen molar-refractivity contribution in [2.75, 3.05) is 0 Å². The number of carboxylic acid groups (broad SMARTS) is 2. The number of aryl methyl sites for hydroxylation is 1. The summed E-state index contributed by atoms with van der Waals surface area (Å²) in [5.41, 5.74) is 5.98. The van der Waals surface area contributed by atoms with Crippen molar-refractivity contribution >= 4 is 34.6 Å². The number of halogens is 4. The number of hydrogen-bond acceptors (Lipinski definition) is 4. The number of rotatable bonds is 5. The number of aromatic carboxylic acids is 1. The number of imidazole rings is 1. The summed E-state index contributed by atoms with van der Waals surface area (Å²) in [6, 6.07) is 18.0. The van der Waals surface area contributed by atoms with Crippen molar-refractivity contribution < 1.29 is 42.7 Å². The number of H-pyrrole nitrogens is 2. The van der Waals surface area contributed by atoms with E-state index in [1.807, 2.05) is 12.1 Å². The van der Waals surface area contributed by atoms with Gasteiger partial charge >= 0.3 is 18.2 Å². The smallest absolute Gasteiger partial charge is 0.458 e. The predicted octanol–water partition coefficient (Wildman–Crippen LogP) is 6.06. The van der Waals surface area contributed by atoms with Crippen LogP contribution in [0.5, 0.6) is 11.8 Å². The molecule has 1 aromatic heterocycles. The third-order valence-corrected chi connectivity index (χ3v) is 6.86. The number of nitrogens with one attached hydrogen (secondary N) is 2. The van der Waals surface area contributed by atoms with Gasteiger partial charge in [0.1, 0.15) is 11.7 Å². The molecule has 0 atom stereocenters. The molecule has 0 amide bonds. The van der Waals surface area contributed by atoms with Gasteiger partial charge in [-0.25, -0.2) is 14.8 Å². The van der Waals surface area contributed by atoms with Crippen LogP contribution in [0.3, 0.4) is 0 Å². The number of aromatic nitrogens is 2. The van der Waals surface area contributed by atoms with Crippen LogP contribution in [0.25, 0.3) is 22.2 Å². The molecule has 3 N–H and O–H groups in total. The molecule has 0 unspecified atom stereocenters. The Morgan fingerprint density at radius 2 is 1.72 bits per heavy atom. The van der Waals surface area contributed by atoms with E-state index >= 15 is 0 Å². The number of benzene rings is 3. The van der Waals surface area contributed by atoms with Crippen LogP contribution in [0.4, 0.5) is 13.2 Å². The summed E-state index contributed by atoms with van der Waals surface area (Å²) in [4.78, 5) is 26.6. The van der Waals surface area contributed by atoms with E-state index in [-0.39, 0.29) is 5.56 Å². The predicted molar refractivity (Wildman–Crippen MR) is 136 cm³/mol. The SMILES string of the molecule is Cc1ccc(Oc2[nH]c3cc(Cl)c(-c4ccc(C5CCCC5)cc4)cc3[nH+]2)cc1C(=O)O.O=C([O-])C(F)(F)F. The highest BCUT2D eigenvalue weighted by Crippen LogP contribution is 2.36. The largest absolute Gasteiger partial charge is 0.542 e. The standard InChI is InChI=1S/C26H23ClN2O3.C2HF3O2/c1-15-6-11-19(12-20(15)25(30)31)32-26-28-23-13-21(22(27)14-24(23)29-26)18-9-7-17(8-10-18)16-4-2-3-5-16;3-2(4,5)1(6)7/h6-14,16H,2-5H2,1H3,(H,28,29)(H,30,31);(H,6,7). The molecule has 5 rings (SSSR count). The van der Waals surface area contributed by atoms with Crippen LogP contribution in [-0.2, 0) is 4.79 Å². The highest BCUT2D eigenvalue weighted by atomic mass is 35.5. The molecule has 1 aliphatic carbocycles. The minimum Gasteiger partial charge on any atom is -0.542 e. The second-order valence-corrected chi connectivity index (χ2v) is 9.64. The minimum absolute atomic E-state index is 0.213. The molecule has 1 saturated carbocycles. The van der Waals surface area contributed by atoms with Gasteiger partial charge in [0.15, 0.2) is 11.0 Å². The topological polar surface area (TPSA) is 117 Å². The molecule has 39 heavy (non-hydrogen) atoms. The zero-order valence-electron chi connectivity index (χ0n) is 20.7. The molecule has 1 aliphatic rings. The number of hydrogen-bond donors (Lipinski definition) is 2. The van der Waals surface area contributed by atoms with Crippen molar-refractivity contribution in [2.24, 2.45) is 0 Å². The lowest BCUT2D eigenvalue weighted by Crippen LogP contribution is -2.37. The molecule has 4 aromatic rings. The number of carboxylic acids is 2. The normalized spacial score (nSPS) is 13.7. The molecule has 1 fully saturated rings. The van der Waals surface area contributed by atoms with Gasteiger partial charge in [0, 0.05) is 11.6 Å². The maximum Gasteiger partial charge on any atom is 0.458 e. The quantitative estimate of drug-likeness (QED) is 0.308. The Morgan fingerprint density at radius 1 is 1.08 bits per heavy atom. The van der Waals surface area contributed by atoms with E-state index in [2.05, 4.69) is 34.2 Å². The lowest BCUT2D eigenvalue weighted by Gasteiger charge is -2.11. The van der Waals surface area contributed by atoms with Gasteiger partial charge in [0.25, 0.3) is 0 Å². The zero-order valence-corrected chi connectivity index (χ0v) is 21.4. The second kappa shape index (κ2) is 11.4. The lowest BCUT2D eigenvalue weighted by molar-refractivity contribution is -0.359. The van der Waals surface area contributed by atoms with Crippen LogP contribution in [0, 0.1) is 6.92 Å². The summed E-state index contributed by atoms with van der Waals surface area (Å²) in [7, 11) is 0. The van der Waals surface area contributed by atoms with E-state index in [0.29, 0.717) is 28.3 Å². The Hall–Kier alpha value is -4.05. The lowest BCUT2D eigenvalue weighted by atomic mass is 9.95. The molecule has 1 heterocycles. The van der Waals surface area contributed by atoms with Gasteiger partial charge in [-0.3, -0.25) is 0 Å². The van der Waals surface area contributed by atoms with Crippen LogP contribution < -0.4 is 14.8 Å². The summed E-state index contributed by atoms with van der Waals surface area (Å²) >= 11 is 6.61. The number of carbonyl (C=O) groups is 2. The first-order valence-corrected chi connectivity index (χ1v) is 12.4. The molecule has 0 radical (unpaired) electrons. The highest BCUT2D eigenvalue weighted by Gasteiger charge is 2.28. The van der Waals surface area contributed by atoms with Crippen molar-refractivity contribution in [1.29, 1.82) is 0 Å². The number of fused-ring (bicyclic) bond motifs is 1. The van der Waals surface area contributed by atoms with E-state index in [1.54, 1.807) is 19.1 Å². The van der Waals surface area contributed by atoms with Crippen molar-refractivity contribution in [2.45, 2.75) is 44.7 Å². The van der Waals surface area contributed by atoms with Crippen molar-refractivity contribution in [1.82, 2.24) is 4.98 Å². The average Bonchev–Trinajstić information content (AvgIpc) is 3.54. The molecule has 204 valence electrons. The molecule has 3 aromatic carbocycles. The monoisotopic (exact) mass is 560 g/mol. The zero-order chi connectivity index (χ0) is 28.3. The van der Waals surface area contributed by atoms with E-state index in [4.69, 9.17) is 26.2 Å². The first kappa shape index (κ1) is 28.0. The minimum atomic E-state index is -5.19. The van der Waals surface area contributed by atoms with Crippen molar-refractivity contribution in [3.63, 3.8) is 0 Å². The summed E-state index contributed by atoms with van der Waals surface area (Å²) < 4.78 is 37.4. The Labute approximate surface area is 226 Å². The van der Waals surface area contributed by atoms with Crippen LogP contribution in [-0.4, -0.2) is 28.2 Å². The van der Waals surface area contributed by atoms with Gasteiger partial charge in [-0.2, -0.15) is 13.2 Å². The Kier molecular flexibility index (Phi) is 8.15. The fraction of sp³-hybridized carbons (Fsp3) is 0.250. The van der Waals surface area contributed by atoms with Crippen LogP contribution in [0.2, 0.25) is 5.02 Å². The van der Waals surface area contributed by atoms with Gasteiger partial charge in [-0.1, -0.05) is 54.8 Å². The molecular weight excluding hydrogens is 537 g/mol. The number of carbonyl (C=O) groups excluding carboxylic acids is 1. The van der Waals surface area contributed by atoms with Gasteiger partial charge in [-0.05, 0) is 60.6 Å². The molecule has 0 aliphatic heterocycles. The Bertz CT molecular complexity index is 1510. The molecule has 0 bridgehead atoms. The van der Waals surface area contributed by atoms with E-state index in [1.165, 1.54) is 37.3 Å². The Balaban J connectivity index is 0.000000448. The molecule has 7 nitrogen and oxygen atoms in total. The number of aliphatic carboxylic acids is 1. The summed E-state index contributed by atoms with van der Waals surface area (Å²) in [5.74, 6) is -2.87. The van der Waals surface area contributed by atoms with Crippen molar-refractivity contribution in [3.05, 3.63) is 76.3 Å². The van der Waals surface area contributed by atoms with Gasteiger partial charge in [0.2, 0.25) is 0 Å². The molecule has 11 heteroatoms. The average molecular weight is 561 g/mol. The van der Waals surface area contributed by atoms with Crippen molar-refractivity contribution in [3.8, 4) is 22.9 Å². The fourth-order valence-corrected chi connectivity index (χ4v) is 4.81. The number of alkyl halides is 3. The van der Waals surface area contributed by atoms with Gasteiger partial charge in [0.05, 0.1) is 10.6 Å². The summed E-state index contributed by atoms with van der Waals surface area (Å²) in [5, 5.41) is 18.8. The van der Waals surface area contributed by atoms with E-state index < -0.39 is 18.1 Å². The molecular formula is C28H24ClF3N2O5. The third kappa shape index (κ3) is 6.69. The van der Waals surface area contributed by atoms with Crippen LogP contribution >= 0.6 is 11.6 Å². The number of aromatic amines is 2. The maximum absolute atomic E-state index is 11.4. The van der Waals surface area contributed by atoms with E-state index in [9.17, 15) is 23.1 Å². The van der Waals surface area contributed by atoms with Crippen LogP contribution in [0.1, 0.15) is 53.1 Å². The molecule has 0 saturated heterocycles. The highest BCUT2D eigenvalue weighted by molar-refractivity contribution is 6.34. The first-order valence-electron chi connectivity index (χ1n) is 12.1. The first-order chi connectivity index (χ1) is 18.4. The number of ether oxygens (including phenoxy) is 1. The Morgan fingerprint density at radius 3 is 2.31 bits per heavy atom.